The van der Waals surface area contributed by atoms with Gasteiger partial charge >= 0.3 is 0 Å². The molecule has 0 bridgehead atoms. The van der Waals surface area contributed by atoms with Gasteiger partial charge in [-0.3, -0.25) is 0 Å². The van der Waals surface area contributed by atoms with Gasteiger partial charge in [0.05, 0.1) is 5.60 Å². The Morgan fingerprint density at radius 3 is 2.53 bits per heavy atom. The second kappa shape index (κ2) is 5.31. The largest absolute Gasteiger partial charge is 0.389 e. The van der Waals surface area contributed by atoms with Crippen molar-refractivity contribution >= 4 is 11.6 Å². The van der Waals surface area contributed by atoms with Crippen molar-refractivity contribution in [3.05, 3.63) is 11.9 Å². The molecule has 17 heavy (non-hydrogen) atoms. The monoisotopic (exact) mass is 238 g/mol. The summed E-state index contributed by atoms with van der Waals surface area (Å²) in [5, 5.41) is 12.9. The van der Waals surface area contributed by atoms with Gasteiger partial charge in [-0.1, -0.05) is 0 Å². The van der Waals surface area contributed by atoms with Crippen LogP contribution in [0.5, 0.6) is 0 Å². The predicted octanol–water partition coefficient (Wildman–Crippen LogP) is 1.42. The van der Waals surface area contributed by atoms with E-state index >= 15 is 0 Å². The van der Waals surface area contributed by atoms with Crippen molar-refractivity contribution in [2.24, 2.45) is 0 Å². The quantitative estimate of drug-likeness (QED) is 0.812. The third-order valence-corrected chi connectivity index (χ3v) is 2.36. The molecule has 5 heteroatoms. The van der Waals surface area contributed by atoms with Gasteiger partial charge in [0.1, 0.15) is 17.5 Å². The van der Waals surface area contributed by atoms with E-state index in [-0.39, 0.29) is 0 Å². The van der Waals surface area contributed by atoms with Gasteiger partial charge in [0, 0.05) is 26.2 Å². The molecule has 0 amide bonds. The maximum absolute atomic E-state index is 9.88. The third-order valence-electron chi connectivity index (χ3n) is 2.36. The first kappa shape index (κ1) is 13.7. The lowest BCUT2D eigenvalue weighted by molar-refractivity contribution is 0.0874. The average molecular weight is 238 g/mol. The molecule has 0 fully saturated rings. The van der Waals surface area contributed by atoms with E-state index in [2.05, 4.69) is 15.3 Å². The Balaban J connectivity index is 2.99. The molecule has 1 rings (SSSR count). The average Bonchev–Trinajstić information content (AvgIpc) is 2.23. The Hall–Kier alpha value is -1.36. The summed E-state index contributed by atoms with van der Waals surface area (Å²) in [6, 6.07) is 1.89. The van der Waals surface area contributed by atoms with E-state index in [9.17, 15) is 5.11 Å². The number of anilines is 2. The van der Waals surface area contributed by atoms with Gasteiger partial charge in [-0.15, -0.1) is 0 Å². The van der Waals surface area contributed by atoms with Crippen molar-refractivity contribution in [1.29, 1.82) is 0 Å². The summed E-state index contributed by atoms with van der Waals surface area (Å²) in [6.45, 7) is 8.84. The van der Waals surface area contributed by atoms with Crippen LogP contribution in [-0.2, 0) is 0 Å². The first-order chi connectivity index (χ1) is 7.85. The molecule has 0 spiro atoms. The van der Waals surface area contributed by atoms with Crippen LogP contribution in [0.25, 0.3) is 0 Å². The molecule has 0 saturated carbocycles. The predicted molar refractivity (Wildman–Crippen MR) is 70.5 cm³/mol. The molecule has 0 aromatic carbocycles. The van der Waals surface area contributed by atoms with E-state index in [4.69, 9.17) is 0 Å². The number of rotatable bonds is 5. The lowest BCUT2D eigenvalue weighted by Crippen LogP contribution is -2.39. The minimum absolute atomic E-state index is 0.545. The van der Waals surface area contributed by atoms with Gasteiger partial charge in [0.2, 0.25) is 0 Å². The molecule has 0 aliphatic carbocycles. The third kappa shape index (κ3) is 4.19. The number of hydrogen-bond acceptors (Lipinski definition) is 5. The highest BCUT2D eigenvalue weighted by Gasteiger charge is 2.19. The van der Waals surface area contributed by atoms with Gasteiger partial charge < -0.3 is 15.3 Å². The molecular weight excluding hydrogens is 216 g/mol. The molecule has 0 atom stereocenters. The minimum Gasteiger partial charge on any atom is -0.389 e. The van der Waals surface area contributed by atoms with Gasteiger partial charge in [0.25, 0.3) is 0 Å². The fraction of sp³-hybridized carbons (Fsp3) is 0.667. The molecular formula is C12H22N4O. The molecule has 5 nitrogen and oxygen atoms in total. The fourth-order valence-electron chi connectivity index (χ4n) is 1.66. The van der Waals surface area contributed by atoms with Crippen LogP contribution < -0.4 is 10.2 Å². The van der Waals surface area contributed by atoms with E-state index in [0.717, 1.165) is 24.0 Å². The molecule has 1 aromatic rings. The van der Waals surface area contributed by atoms with Crippen LogP contribution in [-0.4, -0.2) is 40.8 Å². The Labute approximate surface area is 103 Å². The number of nitrogens with zero attached hydrogens (tertiary/aromatic N) is 3. The van der Waals surface area contributed by atoms with E-state index < -0.39 is 5.60 Å². The summed E-state index contributed by atoms with van der Waals surface area (Å²) in [7, 11) is 1.83. The van der Waals surface area contributed by atoms with Crippen LogP contribution in [0.2, 0.25) is 0 Å². The fourth-order valence-corrected chi connectivity index (χ4v) is 1.66. The van der Waals surface area contributed by atoms with E-state index in [1.165, 1.54) is 0 Å². The highest BCUT2D eigenvalue weighted by Crippen LogP contribution is 2.17. The Morgan fingerprint density at radius 1 is 1.41 bits per heavy atom. The summed E-state index contributed by atoms with van der Waals surface area (Å²) in [4.78, 5) is 10.7. The first-order valence-electron chi connectivity index (χ1n) is 5.86. The van der Waals surface area contributed by atoms with Crippen LogP contribution in [0, 0.1) is 6.92 Å². The second-order valence-electron chi connectivity index (χ2n) is 4.74. The number of hydrogen-bond donors (Lipinski definition) is 2. The topological polar surface area (TPSA) is 61.3 Å². The molecule has 0 unspecified atom stereocenters. The van der Waals surface area contributed by atoms with Crippen molar-refractivity contribution in [2.75, 3.05) is 30.4 Å². The van der Waals surface area contributed by atoms with Crippen LogP contribution in [0.3, 0.4) is 0 Å². The maximum Gasteiger partial charge on any atom is 0.134 e. The highest BCUT2D eigenvalue weighted by molar-refractivity contribution is 5.49. The molecule has 2 N–H and O–H groups in total. The van der Waals surface area contributed by atoms with E-state index in [0.29, 0.717) is 6.54 Å². The lowest BCUT2D eigenvalue weighted by atomic mass is 10.1. The van der Waals surface area contributed by atoms with Crippen molar-refractivity contribution in [1.82, 2.24) is 9.97 Å². The zero-order valence-corrected chi connectivity index (χ0v) is 11.3. The van der Waals surface area contributed by atoms with Crippen molar-refractivity contribution < 1.29 is 5.11 Å². The molecule has 1 heterocycles. The maximum atomic E-state index is 9.88. The molecule has 0 radical (unpaired) electrons. The van der Waals surface area contributed by atoms with Crippen LogP contribution >= 0.6 is 0 Å². The van der Waals surface area contributed by atoms with E-state index in [1.807, 2.05) is 31.9 Å². The normalized spacial score (nSPS) is 11.4. The molecule has 1 aromatic heterocycles. The summed E-state index contributed by atoms with van der Waals surface area (Å²) in [5.41, 5.74) is -0.741. The van der Waals surface area contributed by atoms with Crippen LogP contribution in [0.4, 0.5) is 11.6 Å². The van der Waals surface area contributed by atoms with Crippen LogP contribution in [0.15, 0.2) is 6.07 Å². The lowest BCUT2D eigenvalue weighted by Gasteiger charge is -2.29. The van der Waals surface area contributed by atoms with Crippen molar-refractivity contribution in [2.45, 2.75) is 33.3 Å². The summed E-state index contributed by atoms with van der Waals surface area (Å²) in [6.07, 6.45) is 0. The van der Waals surface area contributed by atoms with Gasteiger partial charge in [-0.25, -0.2) is 9.97 Å². The number of aromatic nitrogens is 2. The van der Waals surface area contributed by atoms with Crippen molar-refractivity contribution in [3.8, 4) is 0 Å². The molecule has 0 aliphatic rings. The highest BCUT2D eigenvalue weighted by atomic mass is 16.3. The first-order valence-corrected chi connectivity index (χ1v) is 5.86. The number of nitrogens with one attached hydrogen (secondary N) is 1. The standard InChI is InChI=1S/C12H22N4O/c1-6-16(8-12(3,4)17)11-7-10(13-5)14-9(2)15-11/h7,17H,6,8H2,1-5H3,(H,13,14,15). The Kier molecular flexibility index (Phi) is 4.28. The van der Waals surface area contributed by atoms with Gasteiger partial charge in [-0.05, 0) is 27.7 Å². The zero-order valence-electron chi connectivity index (χ0n) is 11.3. The summed E-state index contributed by atoms with van der Waals surface area (Å²) in [5.74, 6) is 2.36. The minimum atomic E-state index is -0.741. The van der Waals surface area contributed by atoms with Gasteiger partial charge in [-0.2, -0.15) is 0 Å². The smallest absolute Gasteiger partial charge is 0.134 e. The van der Waals surface area contributed by atoms with E-state index in [1.54, 1.807) is 13.8 Å². The number of likely N-dealkylation sites (N-methyl/N-ethyl adjacent to an activating group) is 1. The Bertz CT molecular complexity index is 373. The zero-order chi connectivity index (χ0) is 13.1. The molecule has 96 valence electrons. The molecule has 0 saturated heterocycles. The summed E-state index contributed by atoms with van der Waals surface area (Å²) >= 11 is 0. The SMILES string of the molecule is CCN(CC(C)(C)O)c1cc(NC)nc(C)n1. The van der Waals surface area contributed by atoms with Crippen molar-refractivity contribution in [3.63, 3.8) is 0 Å². The van der Waals surface area contributed by atoms with Gasteiger partial charge in [0.15, 0.2) is 0 Å². The number of aliphatic hydroxyl groups is 1. The van der Waals surface area contributed by atoms with Crippen LogP contribution in [0.1, 0.15) is 26.6 Å². The second-order valence-corrected chi connectivity index (χ2v) is 4.74. The summed E-state index contributed by atoms with van der Waals surface area (Å²) < 4.78 is 0. The number of aryl methyl sites for hydroxylation is 1. The Morgan fingerprint density at radius 2 is 2.06 bits per heavy atom. The molecule has 0 aliphatic heterocycles.